The molecule has 4 nitrogen and oxygen atoms in total. The van der Waals surface area contributed by atoms with E-state index in [0.29, 0.717) is 13.2 Å². The van der Waals surface area contributed by atoms with Gasteiger partial charge in [-0.2, -0.15) is 0 Å². The molecule has 1 aromatic rings. The number of ether oxygens (including phenoxy) is 1. The summed E-state index contributed by atoms with van der Waals surface area (Å²) in [5.74, 6) is 0.284. The summed E-state index contributed by atoms with van der Waals surface area (Å²) in [5.41, 5.74) is 1.02. The largest absolute Gasteiger partial charge is 0.508 e. The lowest BCUT2D eigenvalue weighted by molar-refractivity contribution is 0.0996. The minimum Gasteiger partial charge on any atom is -0.508 e. The highest BCUT2D eigenvalue weighted by atomic mass is 16.6. The maximum atomic E-state index is 12.1. The van der Waals surface area contributed by atoms with Crippen LogP contribution in [0.2, 0.25) is 0 Å². The summed E-state index contributed by atoms with van der Waals surface area (Å²) in [7, 11) is 0. The molecule has 1 aliphatic rings. The van der Waals surface area contributed by atoms with E-state index in [1.54, 1.807) is 6.07 Å². The van der Waals surface area contributed by atoms with Gasteiger partial charge in [0.15, 0.2) is 0 Å². The van der Waals surface area contributed by atoms with Crippen LogP contribution < -0.4 is 0 Å². The fourth-order valence-electron chi connectivity index (χ4n) is 3.22. The molecule has 0 saturated carbocycles. The number of hydrogen-bond acceptors (Lipinski definition) is 3. The lowest BCUT2D eigenvalue weighted by Crippen LogP contribution is -2.42. The number of phenolic OH excluding ortho intramolecular Hbond substituents is 1. The molecule has 1 heterocycles. The molecule has 1 aliphatic heterocycles. The molecule has 116 valence electrons. The van der Waals surface area contributed by atoms with E-state index in [4.69, 9.17) is 4.74 Å². The fourth-order valence-corrected chi connectivity index (χ4v) is 3.22. The molecular weight excluding hydrogens is 266 g/mol. The van der Waals surface area contributed by atoms with Crippen molar-refractivity contribution in [1.82, 2.24) is 4.90 Å². The number of rotatable bonds is 3. The summed E-state index contributed by atoms with van der Waals surface area (Å²) >= 11 is 0. The molecule has 0 aromatic heterocycles. The number of carbonyl (C=O) groups excluding carboxylic acids is 1. The van der Waals surface area contributed by atoms with Crippen LogP contribution in [0.3, 0.4) is 0 Å². The Morgan fingerprint density at radius 2 is 2.19 bits per heavy atom. The molecule has 0 radical (unpaired) electrons. The van der Waals surface area contributed by atoms with E-state index in [-0.39, 0.29) is 17.3 Å². The lowest BCUT2D eigenvalue weighted by atomic mass is 9.74. The first-order valence-corrected chi connectivity index (χ1v) is 7.82. The molecule has 1 fully saturated rings. The van der Waals surface area contributed by atoms with E-state index in [0.717, 1.165) is 37.8 Å². The Morgan fingerprint density at radius 3 is 2.86 bits per heavy atom. The summed E-state index contributed by atoms with van der Waals surface area (Å²) in [6.07, 6.45) is 3.82. The average Bonchev–Trinajstić information content (AvgIpc) is 2.71. The van der Waals surface area contributed by atoms with Crippen molar-refractivity contribution in [2.45, 2.75) is 44.9 Å². The van der Waals surface area contributed by atoms with Crippen molar-refractivity contribution in [2.24, 2.45) is 0 Å². The Labute approximate surface area is 126 Å². The molecule has 1 N–H and O–H groups in total. The summed E-state index contributed by atoms with van der Waals surface area (Å²) in [6.45, 7) is 5.79. The second-order valence-electron chi connectivity index (χ2n) is 5.76. The number of likely N-dealkylation sites (tertiary alicyclic amines) is 1. The van der Waals surface area contributed by atoms with Gasteiger partial charge < -0.3 is 14.7 Å². The number of aromatic hydroxyl groups is 1. The predicted octanol–water partition coefficient (Wildman–Crippen LogP) is 3.68. The number of carbonyl (C=O) groups is 1. The zero-order valence-corrected chi connectivity index (χ0v) is 13.0. The maximum Gasteiger partial charge on any atom is 0.409 e. The van der Waals surface area contributed by atoms with Gasteiger partial charge in [0, 0.05) is 18.5 Å². The molecule has 1 saturated heterocycles. The zero-order chi connectivity index (χ0) is 15.3. The van der Waals surface area contributed by atoms with Crippen LogP contribution in [0.4, 0.5) is 4.79 Å². The third kappa shape index (κ3) is 3.49. The number of benzene rings is 1. The smallest absolute Gasteiger partial charge is 0.409 e. The Hall–Kier alpha value is -1.71. The molecule has 0 bridgehead atoms. The van der Waals surface area contributed by atoms with E-state index >= 15 is 0 Å². The van der Waals surface area contributed by atoms with Crippen molar-refractivity contribution in [3.63, 3.8) is 0 Å². The van der Waals surface area contributed by atoms with Crippen LogP contribution in [0.5, 0.6) is 5.75 Å². The summed E-state index contributed by atoms with van der Waals surface area (Å²) < 4.78 is 5.17. The summed E-state index contributed by atoms with van der Waals surface area (Å²) in [4.78, 5) is 13.9. The first-order chi connectivity index (χ1) is 10.1. The summed E-state index contributed by atoms with van der Waals surface area (Å²) in [6, 6.07) is 7.45. The van der Waals surface area contributed by atoms with Crippen LogP contribution in [0.1, 0.15) is 45.1 Å². The number of hydrogen-bond donors (Lipinski definition) is 1. The van der Waals surface area contributed by atoms with Gasteiger partial charge in [-0.25, -0.2) is 4.79 Å². The lowest BCUT2D eigenvalue weighted by Gasteiger charge is -2.36. The molecular formula is C17H25NO3. The fraction of sp³-hybridized carbons (Fsp3) is 0.588. The van der Waals surface area contributed by atoms with Gasteiger partial charge in [0.25, 0.3) is 0 Å². The minimum atomic E-state index is -0.225. The third-order valence-electron chi connectivity index (χ3n) is 4.49. The van der Waals surface area contributed by atoms with Gasteiger partial charge in [-0.15, -0.1) is 0 Å². The molecule has 1 aromatic carbocycles. The van der Waals surface area contributed by atoms with Crippen LogP contribution in [0, 0.1) is 0 Å². The van der Waals surface area contributed by atoms with E-state index in [9.17, 15) is 9.90 Å². The third-order valence-corrected chi connectivity index (χ3v) is 4.49. The quantitative estimate of drug-likeness (QED) is 0.924. The van der Waals surface area contributed by atoms with Crippen LogP contribution in [-0.2, 0) is 10.2 Å². The SMILES string of the molecule is CCOC(=O)N1CCCC[C@@](CC)(c2cccc(O)c2)C1. The Bertz CT molecular complexity index is 489. The second-order valence-corrected chi connectivity index (χ2v) is 5.76. The monoisotopic (exact) mass is 291 g/mol. The van der Waals surface area contributed by atoms with E-state index in [1.165, 1.54) is 0 Å². The molecule has 21 heavy (non-hydrogen) atoms. The molecule has 0 spiro atoms. The van der Waals surface area contributed by atoms with Gasteiger partial charge in [0.05, 0.1) is 6.61 Å². The van der Waals surface area contributed by atoms with Crippen LogP contribution in [0.25, 0.3) is 0 Å². The van der Waals surface area contributed by atoms with Gasteiger partial charge in [0.2, 0.25) is 0 Å². The van der Waals surface area contributed by atoms with Gasteiger partial charge in [-0.05, 0) is 43.9 Å². The van der Waals surface area contributed by atoms with E-state index < -0.39 is 0 Å². The van der Waals surface area contributed by atoms with Crippen molar-refractivity contribution in [1.29, 1.82) is 0 Å². The zero-order valence-electron chi connectivity index (χ0n) is 13.0. The molecule has 0 aliphatic carbocycles. The first-order valence-electron chi connectivity index (χ1n) is 7.82. The van der Waals surface area contributed by atoms with Crippen LogP contribution in [-0.4, -0.2) is 35.8 Å². The van der Waals surface area contributed by atoms with Gasteiger partial charge in [-0.3, -0.25) is 0 Å². The van der Waals surface area contributed by atoms with Crippen molar-refractivity contribution < 1.29 is 14.6 Å². The Balaban J connectivity index is 2.29. The second kappa shape index (κ2) is 6.83. The topological polar surface area (TPSA) is 49.8 Å². The van der Waals surface area contributed by atoms with E-state index in [2.05, 4.69) is 13.0 Å². The molecule has 2 rings (SSSR count). The standard InChI is InChI=1S/C17H25NO3/c1-3-17(14-8-7-9-15(19)12-14)10-5-6-11-18(13-17)16(20)21-4-2/h7-9,12,19H,3-6,10-11,13H2,1-2H3/t17-/m1/s1. The summed E-state index contributed by atoms with van der Waals surface area (Å²) in [5, 5.41) is 9.78. The van der Waals surface area contributed by atoms with Crippen LogP contribution >= 0.6 is 0 Å². The Kier molecular flexibility index (Phi) is 5.10. The van der Waals surface area contributed by atoms with Crippen molar-refractivity contribution in [3.8, 4) is 5.75 Å². The van der Waals surface area contributed by atoms with Crippen molar-refractivity contribution in [2.75, 3.05) is 19.7 Å². The number of nitrogens with zero attached hydrogens (tertiary/aromatic N) is 1. The minimum absolute atomic E-state index is 0.0952. The van der Waals surface area contributed by atoms with Crippen molar-refractivity contribution >= 4 is 6.09 Å². The first kappa shape index (κ1) is 15.7. The predicted molar refractivity (Wildman–Crippen MR) is 82.5 cm³/mol. The number of phenols is 1. The van der Waals surface area contributed by atoms with Crippen LogP contribution in [0.15, 0.2) is 24.3 Å². The van der Waals surface area contributed by atoms with Gasteiger partial charge in [-0.1, -0.05) is 25.5 Å². The maximum absolute atomic E-state index is 12.1. The molecule has 1 amide bonds. The highest BCUT2D eigenvalue weighted by molar-refractivity contribution is 5.68. The Morgan fingerprint density at radius 1 is 1.38 bits per heavy atom. The van der Waals surface area contributed by atoms with Crippen molar-refractivity contribution in [3.05, 3.63) is 29.8 Å². The highest BCUT2D eigenvalue weighted by Gasteiger charge is 2.36. The van der Waals surface area contributed by atoms with Gasteiger partial charge >= 0.3 is 6.09 Å². The van der Waals surface area contributed by atoms with E-state index in [1.807, 2.05) is 24.0 Å². The molecule has 4 heteroatoms. The molecule has 0 unspecified atom stereocenters. The molecule has 1 atom stereocenters. The van der Waals surface area contributed by atoms with Gasteiger partial charge in [0.1, 0.15) is 5.75 Å². The normalized spacial score (nSPS) is 22.7. The highest BCUT2D eigenvalue weighted by Crippen LogP contribution is 2.37. The number of amides is 1. The average molecular weight is 291 g/mol.